The minimum atomic E-state index is -4.83. The van der Waals surface area contributed by atoms with Crippen LogP contribution in [-0.4, -0.2) is 34.4 Å². The van der Waals surface area contributed by atoms with E-state index in [1.807, 2.05) is 19.1 Å². The Morgan fingerprint density at radius 2 is 1.91 bits per heavy atom. The number of hydrogen-bond acceptors (Lipinski definition) is 5. The monoisotopic (exact) mass is 368 g/mol. The number of aryl methyl sites for hydroxylation is 1. The summed E-state index contributed by atoms with van der Waals surface area (Å²) in [7, 11) is 0. The van der Waals surface area contributed by atoms with E-state index in [0.29, 0.717) is 5.69 Å². The van der Waals surface area contributed by atoms with Crippen LogP contribution in [0.25, 0.3) is 0 Å². The van der Waals surface area contributed by atoms with Crippen molar-refractivity contribution in [3.63, 3.8) is 0 Å². The second kappa shape index (κ2) is 8.50. The molecule has 0 bridgehead atoms. The van der Waals surface area contributed by atoms with Crippen LogP contribution in [0.3, 0.4) is 0 Å². The molecule has 1 amide bonds. The third kappa shape index (κ3) is 6.24. The average molecular weight is 368 g/mol. The number of pyridine rings is 1. The maximum Gasteiger partial charge on any atom is 0.0270 e. The number of hydrogen-bond donors (Lipinski definition) is 3. The molecule has 0 saturated heterocycles. The molecule has 1 unspecified atom stereocenters. The Balaban J connectivity index is 0.000000287. The standard InChI is InChI=1S/C8H10AsNO5.C6H7N/c1-6(11)10-8-4-2-3-7(5-8)9(12,13)15-14;1-6-2-4-7-5-3-6/h2-5,14H,1H3,(H,10,11)(H,12,13);2-5H,1H3. The summed E-state index contributed by atoms with van der Waals surface area (Å²) in [6, 6.07) is 9.58. The summed E-state index contributed by atoms with van der Waals surface area (Å²) in [6.07, 6.45) is 3.57. The van der Waals surface area contributed by atoms with E-state index >= 15 is 0 Å². The predicted octanol–water partition coefficient (Wildman–Crippen LogP) is 1.09. The summed E-state index contributed by atoms with van der Waals surface area (Å²) in [5.74, 6) is -0.294. The molecule has 1 atom stereocenters. The summed E-state index contributed by atoms with van der Waals surface area (Å²) >= 11 is -4.83. The van der Waals surface area contributed by atoms with Crippen LogP contribution in [0.2, 0.25) is 0 Å². The predicted molar refractivity (Wildman–Crippen MR) is 81.7 cm³/mol. The molecule has 0 spiro atoms. The fraction of sp³-hybridized carbons (Fsp3) is 0.143. The Labute approximate surface area is 130 Å². The number of benzene rings is 1. The first-order valence-corrected chi connectivity index (χ1v) is 9.57. The van der Waals surface area contributed by atoms with Crippen LogP contribution < -0.4 is 9.67 Å². The fourth-order valence-electron chi connectivity index (χ4n) is 1.44. The van der Waals surface area contributed by atoms with Crippen molar-refractivity contribution in [2.45, 2.75) is 13.8 Å². The number of amides is 1. The van der Waals surface area contributed by atoms with Gasteiger partial charge in [0.15, 0.2) is 0 Å². The average Bonchev–Trinajstić information content (AvgIpc) is 2.48. The van der Waals surface area contributed by atoms with E-state index in [0.717, 1.165) is 0 Å². The van der Waals surface area contributed by atoms with E-state index in [1.165, 1.54) is 30.7 Å². The first-order valence-electron chi connectivity index (χ1n) is 6.26. The van der Waals surface area contributed by atoms with Gasteiger partial charge in [0.2, 0.25) is 0 Å². The minimum Gasteiger partial charge on any atom is -0.265 e. The molecule has 0 aliphatic heterocycles. The third-order valence-corrected chi connectivity index (χ3v) is 4.87. The second-order valence-corrected chi connectivity index (χ2v) is 7.97. The van der Waals surface area contributed by atoms with E-state index in [-0.39, 0.29) is 10.3 Å². The van der Waals surface area contributed by atoms with Crippen LogP contribution in [0, 0.1) is 6.92 Å². The van der Waals surface area contributed by atoms with Crippen molar-refractivity contribution in [1.29, 1.82) is 0 Å². The topological polar surface area (TPSA) is 109 Å². The minimum absolute atomic E-state index is 0.0399. The summed E-state index contributed by atoms with van der Waals surface area (Å²) in [6.45, 7) is 3.36. The number of carbonyl (C=O) groups excluding carboxylic acids is 1. The summed E-state index contributed by atoms with van der Waals surface area (Å²) in [5, 5.41) is 10.7. The van der Waals surface area contributed by atoms with Crippen molar-refractivity contribution in [1.82, 2.24) is 4.98 Å². The molecule has 3 N–H and O–H groups in total. The number of rotatable bonds is 3. The normalized spacial score (nSPS) is 12.5. The van der Waals surface area contributed by atoms with Gasteiger partial charge in [0.25, 0.3) is 0 Å². The van der Waals surface area contributed by atoms with E-state index in [2.05, 4.69) is 14.2 Å². The quantitative estimate of drug-likeness (QED) is 0.425. The van der Waals surface area contributed by atoms with Crippen molar-refractivity contribution in [2.75, 3.05) is 5.32 Å². The van der Waals surface area contributed by atoms with Gasteiger partial charge in [-0.2, -0.15) is 0 Å². The second-order valence-electron chi connectivity index (χ2n) is 4.36. The zero-order valence-electron chi connectivity index (χ0n) is 12.1. The largest absolute Gasteiger partial charge is 0.265 e. The van der Waals surface area contributed by atoms with Crippen molar-refractivity contribution < 1.29 is 21.8 Å². The van der Waals surface area contributed by atoms with Gasteiger partial charge >= 0.3 is 88.4 Å². The van der Waals surface area contributed by atoms with Crippen molar-refractivity contribution >= 4 is 30.1 Å². The first-order chi connectivity index (χ1) is 10.3. The fourth-order valence-corrected chi connectivity index (χ4v) is 2.84. The molecule has 0 radical (unpaired) electrons. The number of nitrogens with one attached hydrogen (secondary N) is 1. The summed E-state index contributed by atoms with van der Waals surface area (Å²) in [4.78, 5) is 14.6. The molecule has 0 aliphatic rings. The van der Waals surface area contributed by atoms with Crippen LogP contribution >= 0.6 is 0 Å². The molecule has 118 valence electrons. The summed E-state index contributed by atoms with van der Waals surface area (Å²) in [5.41, 5.74) is 1.63. The van der Waals surface area contributed by atoms with Gasteiger partial charge in [-0.25, -0.2) is 0 Å². The molecule has 22 heavy (non-hydrogen) atoms. The van der Waals surface area contributed by atoms with Crippen LogP contribution in [0.1, 0.15) is 12.5 Å². The molecule has 0 aliphatic carbocycles. The maximum absolute atomic E-state index is 11.3. The Morgan fingerprint density at radius 3 is 2.36 bits per heavy atom. The van der Waals surface area contributed by atoms with Gasteiger partial charge in [-0.05, 0) is 24.6 Å². The molecule has 1 aromatic heterocycles. The van der Waals surface area contributed by atoms with Crippen LogP contribution in [0.15, 0.2) is 48.8 Å². The molecule has 0 saturated carbocycles. The number of anilines is 1. The van der Waals surface area contributed by atoms with Gasteiger partial charge in [0, 0.05) is 12.4 Å². The van der Waals surface area contributed by atoms with E-state index in [1.54, 1.807) is 18.5 Å². The van der Waals surface area contributed by atoms with Gasteiger partial charge in [-0.3, -0.25) is 4.98 Å². The summed E-state index contributed by atoms with van der Waals surface area (Å²) < 4.78 is 23.9. The Hall–Kier alpha value is -1.92. The third-order valence-electron chi connectivity index (χ3n) is 2.45. The van der Waals surface area contributed by atoms with Gasteiger partial charge in [0.1, 0.15) is 0 Å². The Bertz CT molecular complexity index is 663. The zero-order valence-corrected chi connectivity index (χ0v) is 14.0. The van der Waals surface area contributed by atoms with Gasteiger partial charge in [0.05, 0.1) is 0 Å². The maximum atomic E-state index is 11.3. The molecule has 2 aromatic rings. The molecule has 1 heterocycles. The molecule has 1 aromatic carbocycles. The van der Waals surface area contributed by atoms with E-state index < -0.39 is 14.2 Å². The number of aromatic nitrogens is 1. The van der Waals surface area contributed by atoms with Crippen molar-refractivity contribution in [2.24, 2.45) is 0 Å². The van der Waals surface area contributed by atoms with Gasteiger partial charge in [-0.15, -0.1) is 0 Å². The first kappa shape index (κ1) is 18.1. The molecule has 7 nitrogen and oxygen atoms in total. The number of nitrogens with zero attached hydrogens (tertiary/aromatic N) is 1. The van der Waals surface area contributed by atoms with Crippen LogP contribution in [0.5, 0.6) is 0 Å². The Morgan fingerprint density at radius 1 is 1.27 bits per heavy atom. The molecular weight excluding hydrogens is 351 g/mol. The van der Waals surface area contributed by atoms with E-state index in [4.69, 9.17) is 5.26 Å². The van der Waals surface area contributed by atoms with Gasteiger partial charge in [-0.1, -0.05) is 0 Å². The van der Waals surface area contributed by atoms with Gasteiger partial charge < -0.3 is 0 Å². The zero-order chi connectivity index (χ0) is 16.6. The Kier molecular flexibility index (Phi) is 7.01. The van der Waals surface area contributed by atoms with Crippen molar-refractivity contribution in [3.8, 4) is 0 Å². The van der Waals surface area contributed by atoms with Crippen LogP contribution in [-0.2, 0) is 12.4 Å². The smallest absolute Gasteiger partial charge is 0.0270 e. The van der Waals surface area contributed by atoms with Crippen molar-refractivity contribution in [3.05, 3.63) is 54.4 Å². The molecule has 8 heteroatoms. The molecule has 2 rings (SSSR count). The molecule has 0 fully saturated rings. The SMILES string of the molecule is CC(=O)Nc1cccc([As](=O)(O)OO)c1.Cc1ccncc1. The molecular formula is C14H17AsN2O5. The number of carbonyl (C=O) groups is 1. The van der Waals surface area contributed by atoms with Crippen LogP contribution in [0.4, 0.5) is 5.69 Å². The van der Waals surface area contributed by atoms with E-state index in [9.17, 15) is 12.6 Å².